The molecule has 0 aromatic rings. The highest BCUT2D eigenvalue weighted by molar-refractivity contribution is 9.10. The van der Waals surface area contributed by atoms with E-state index in [9.17, 15) is 8.42 Å². The van der Waals surface area contributed by atoms with Crippen molar-refractivity contribution in [1.29, 1.82) is 0 Å². The van der Waals surface area contributed by atoms with Crippen molar-refractivity contribution < 1.29 is 13.5 Å². The summed E-state index contributed by atoms with van der Waals surface area (Å²) in [5, 5.41) is 8.87. The third kappa shape index (κ3) is 1.99. The Hall–Kier alpha value is 0.350. The fourth-order valence-electron chi connectivity index (χ4n) is 1.42. The summed E-state index contributed by atoms with van der Waals surface area (Å²) in [6, 6.07) is -0.201. The summed E-state index contributed by atoms with van der Waals surface area (Å²) in [6.45, 7) is 0.464. The predicted molar refractivity (Wildman–Crippen MR) is 49.5 cm³/mol. The second-order valence-electron chi connectivity index (χ2n) is 2.81. The first kappa shape index (κ1) is 10.4. The van der Waals surface area contributed by atoms with Gasteiger partial charge in [-0.15, -0.1) is 0 Å². The zero-order valence-corrected chi connectivity index (χ0v) is 9.01. The van der Waals surface area contributed by atoms with Gasteiger partial charge in [-0.3, -0.25) is 0 Å². The van der Waals surface area contributed by atoms with Crippen molar-refractivity contribution in [2.45, 2.75) is 18.9 Å². The molecule has 1 rings (SSSR count). The van der Waals surface area contributed by atoms with Crippen LogP contribution in [-0.2, 0) is 10.0 Å². The van der Waals surface area contributed by atoms with Crippen LogP contribution in [0.3, 0.4) is 0 Å². The first-order valence-corrected chi connectivity index (χ1v) is 6.51. The average molecular weight is 258 g/mol. The van der Waals surface area contributed by atoms with Crippen molar-refractivity contribution in [2.75, 3.05) is 17.8 Å². The lowest BCUT2D eigenvalue weighted by atomic mass is 10.2. The standard InChI is InChI=1S/C6H12BrNO3S/c7-5-12(10,11)8-3-1-2-6(8)4-9/h6,9H,1-5H2. The maximum atomic E-state index is 11.3. The van der Waals surface area contributed by atoms with Gasteiger partial charge in [-0.25, -0.2) is 8.42 Å². The molecule has 0 aliphatic carbocycles. The Balaban J connectivity index is 2.74. The molecule has 1 unspecified atom stereocenters. The number of halogens is 1. The van der Waals surface area contributed by atoms with E-state index in [2.05, 4.69) is 15.9 Å². The van der Waals surface area contributed by atoms with Crippen molar-refractivity contribution in [3.05, 3.63) is 0 Å². The number of nitrogens with zero attached hydrogens (tertiary/aromatic N) is 1. The molecule has 12 heavy (non-hydrogen) atoms. The van der Waals surface area contributed by atoms with Gasteiger partial charge in [0.1, 0.15) is 4.66 Å². The van der Waals surface area contributed by atoms with Gasteiger partial charge in [0, 0.05) is 12.6 Å². The van der Waals surface area contributed by atoms with Gasteiger partial charge in [0.15, 0.2) is 0 Å². The molecule has 1 saturated heterocycles. The normalized spacial score (nSPS) is 26.3. The highest BCUT2D eigenvalue weighted by Gasteiger charge is 2.32. The zero-order valence-electron chi connectivity index (χ0n) is 6.61. The zero-order chi connectivity index (χ0) is 9.19. The first-order chi connectivity index (χ1) is 5.61. The molecule has 6 heteroatoms. The average Bonchev–Trinajstić information content (AvgIpc) is 2.52. The lowest BCUT2D eigenvalue weighted by Crippen LogP contribution is -2.37. The number of alkyl halides is 1. The molecule has 0 bridgehead atoms. The second kappa shape index (κ2) is 4.04. The monoisotopic (exact) mass is 257 g/mol. The molecule has 0 saturated carbocycles. The van der Waals surface area contributed by atoms with Crippen LogP contribution in [0, 0.1) is 0 Å². The Bertz CT molecular complexity index is 241. The van der Waals surface area contributed by atoms with Crippen molar-refractivity contribution in [3.8, 4) is 0 Å². The molecule has 0 spiro atoms. The minimum Gasteiger partial charge on any atom is -0.395 e. The van der Waals surface area contributed by atoms with Crippen LogP contribution in [0.15, 0.2) is 0 Å². The van der Waals surface area contributed by atoms with Crippen LogP contribution in [0.2, 0.25) is 0 Å². The van der Waals surface area contributed by atoms with Crippen LogP contribution >= 0.6 is 15.9 Å². The van der Waals surface area contributed by atoms with E-state index in [1.165, 1.54) is 4.31 Å². The SMILES string of the molecule is O=S(=O)(CBr)N1CCCC1CO. The molecule has 1 N–H and O–H groups in total. The number of hydrogen-bond acceptors (Lipinski definition) is 3. The Labute approximate surface area is 80.7 Å². The lowest BCUT2D eigenvalue weighted by molar-refractivity contribution is 0.214. The maximum absolute atomic E-state index is 11.3. The molecular weight excluding hydrogens is 246 g/mol. The van der Waals surface area contributed by atoms with Gasteiger partial charge in [0.2, 0.25) is 10.0 Å². The molecule has 4 nitrogen and oxygen atoms in total. The second-order valence-corrected chi connectivity index (χ2v) is 6.03. The van der Waals surface area contributed by atoms with Gasteiger partial charge in [-0.05, 0) is 12.8 Å². The van der Waals surface area contributed by atoms with Crippen LogP contribution < -0.4 is 0 Å². The Morgan fingerprint density at radius 2 is 2.25 bits per heavy atom. The Kier molecular flexibility index (Phi) is 3.51. The number of sulfonamides is 1. The number of rotatable bonds is 3. The van der Waals surface area contributed by atoms with E-state index in [-0.39, 0.29) is 17.3 Å². The predicted octanol–water partition coefficient (Wildman–Crippen LogP) is 0.125. The molecule has 1 aliphatic rings. The summed E-state index contributed by atoms with van der Waals surface area (Å²) in [5.74, 6) is 0. The molecule has 1 heterocycles. The van der Waals surface area contributed by atoms with Gasteiger partial charge in [-0.1, -0.05) is 15.9 Å². The van der Waals surface area contributed by atoms with E-state index < -0.39 is 10.0 Å². The van der Waals surface area contributed by atoms with Gasteiger partial charge < -0.3 is 5.11 Å². The smallest absolute Gasteiger partial charge is 0.224 e. The third-order valence-corrected chi connectivity index (χ3v) is 5.24. The lowest BCUT2D eigenvalue weighted by Gasteiger charge is -2.20. The van der Waals surface area contributed by atoms with Gasteiger partial charge >= 0.3 is 0 Å². The first-order valence-electron chi connectivity index (χ1n) is 3.78. The molecule has 1 fully saturated rings. The molecular formula is C6H12BrNO3S. The highest BCUT2D eigenvalue weighted by Crippen LogP contribution is 2.21. The van der Waals surface area contributed by atoms with Crippen LogP contribution in [0.25, 0.3) is 0 Å². The van der Waals surface area contributed by atoms with E-state index >= 15 is 0 Å². The molecule has 72 valence electrons. The molecule has 1 atom stereocenters. The van der Waals surface area contributed by atoms with Crippen molar-refractivity contribution in [3.63, 3.8) is 0 Å². The minimum atomic E-state index is -3.17. The fraction of sp³-hybridized carbons (Fsp3) is 1.00. The molecule has 0 aromatic heterocycles. The maximum Gasteiger partial charge on any atom is 0.224 e. The van der Waals surface area contributed by atoms with E-state index in [1.54, 1.807) is 0 Å². The highest BCUT2D eigenvalue weighted by atomic mass is 79.9. The fourth-order valence-corrected chi connectivity index (χ4v) is 3.37. The topological polar surface area (TPSA) is 57.6 Å². The molecule has 1 aliphatic heterocycles. The third-order valence-electron chi connectivity index (χ3n) is 2.03. The number of hydrogen-bond donors (Lipinski definition) is 1. The minimum absolute atomic E-state index is 0.0590. The summed E-state index contributed by atoms with van der Waals surface area (Å²) in [6.07, 6.45) is 1.61. The molecule has 0 radical (unpaired) electrons. The van der Waals surface area contributed by atoms with Crippen LogP contribution in [0.5, 0.6) is 0 Å². The molecule has 0 aromatic carbocycles. The summed E-state index contributed by atoms with van der Waals surface area (Å²) < 4.78 is 24.0. The van der Waals surface area contributed by atoms with Gasteiger partial charge in [-0.2, -0.15) is 4.31 Å². The van der Waals surface area contributed by atoms with Crippen LogP contribution in [0.4, 0.5) is 0 Å². The van der Waals surface area contributed by atoms with Crippen molar-refractivity contribution >= 4 is 26.0 Å². The number of aliphatic hydroxyl groups is 1. The summed E-state index contributed by atoms with van der Waals surface area (Å²) in [7, 11) is -3.17. The Morgan fingerprint density at radius 3 is 2.75 bits per heavy atom. The van der Waals surface area contributed by atoms with Crippen LogP contribution in [0.1, 0.15) is 12.8 Å². The van der Waals surface area contributed by atoms with Crippen molar-refractivity contribution in [1.82, 2.24) is 4.31 Å². The Morgan fingerprint density at radius 1 is 1.58 bits per heavy atom. The molecule has 0 amide bonds. The van der Waals surface area contributed by atoms with Gasteiger partial charge in [0.05, 0.1) is 6.61 Å². The van der Waals surface area contributed by atoms with E-state index in [4.69, 9.17) is 5.11 Å². The summed E-state index contributed by atoms with van der Waals surface area (Å²) >= 11 is 2.93. The summed E-state index contributed by atoms with van der Waals surface area (Å²) in [5.41, 5.74) is 0. The summed E-state index contributed by atoms with van der Waals surface area (Å²) in [4.78, 5) is 0. The van der Waals surface area contributed by atoms with Crippen molar-refractivity contribution in [2.24, 2.45) is 0 Å². The largest absolute Gasteiger partial charge is 0.395 e. The van der Waals surface area contributed by atoms with Gasteiger partial charge in [0.25, 0.3) is 0 Å². The quantitative estimate of drug-likeness (QED) is 0.732. The van der Waals surface area contributed by atoms with Crippen LogP contribution in [-0.4, -0.2) is 41.7 Å². The van der Waals surface area contributed by atoms with E-state index in [0.29, 0.717) is 6.54 Å². The van der Waals surface area contributed by atoms with E-state index in [0.717, 1.165) is 12.8 Å². The number of aliphatic hydroxyl groups excluding tert-OH is 1. The van der Waals surface area contributed by atoms with E-state index in [1.807, 2.05) is 0 Å².